The van der Waals surface area contributed by atoms with E-state index >= 15 is 0 Å². The van der Waals surface area contributed by atoms with E-state index in [0.29, 0.717) is 12.1 Å². The Balaban J connectivity index is 1.96. The number of hydrogen-bond donors (Lipinski definition) is 2. The van der Waals surface area contributed by atoms with Gasteiger partial charge >= 0.3 is 6.03 Å². The molecule has 0 bridgehead atoms. The van der Waals surface area contributed by atoms with E-state index < -0.39 is 15.4 Å². The highest BCUT2D eigenvalue weighted by atomic mass is 32.2. The smallest absolute Gasteiger partial charge is 0.319 e. The molecular weight excluding hydrogens is 314 g/mol. The van der Waals surface area contributed by atoms with Crippen LogP contribution in [-0.4, -0.2) is 44.6 Å². The number of carbonyl (C=O) groups excluding carboxylic acids is 1. The van der Waals surface area contributed by atoms with Crippen molar-refractivity contribution in [2.75, 3.05) is 34.8 Å². The lowest BCUT2D eigenvalue weighted by molar-refractivity contribution is 0.242. The van der Waals surface area contributed by atoms with E-state index in [1.54, 1.807) is 6.92 Å². The minimum atomic E-state index is -3.04. The van der Waals surface area contributed by atoms with Gasteiger partial charge in [-0.05, 0) is 51.5 Å². The van der Waals surface area contributed by atoms with E-state index in [0.717, 1.165) is 18.8 Å². The molecule has 6 nitrogen and oxygen atoms in total. The average molecular weight is 339 g/mol. The van der Waals surface area contributed by atoms with Crippen LogP contribution in [0.3, 0.4) is 0 Å². The van der Waals surface area contributed by atoms with Crippen LogP contribution in [0.15, 0.2) is 24.3 Å². The molecule has 2 N–H and O–H groups in total. The molecule has 0 spiro atoms. The molecule has 1 aromatic rings. The zero-order chi connectivity index (χ0) is 17.1. The molecule has 1 atom stereocenters. The van der Waals surface area contributed by atoms with Gasteiger partial charge in [-0.3, -0.25) is 0 Å². The lowest BCUT2D eigenvalue weighted by atomic mass is 10.0. The molecule has 2 rings (SSSR count). The third-order valence-corrected chi connectivity index (χ3v) is 6.08. The zero-order valence-electron chi connectivity index (χ0n) is 13.9. The highest BCUT2D eigenvalue weighted by Crippen LogP contribution is 2.23. The molecule has 128 valence electrons. The van der Waals surface area contributed by atoms with Crippen molar-refractivity contribution in [2.24, 2.45) is 0 Å². The monoisotopic (exact) mass is 339 g/mol. The molecule has 7 heteroatoms. The van der Waals surface area contributed by atoms with Gasteiger partial charge in [-0.15, -0.1) is 0 Å². The predicted octanol–water partition coefficient (Wildman–Crippen LogP) is 2.23. The molecule has 23 heavy (non-hydrogen) atoms. The molecule has 1 unspecified atom stereocenters. The van der Waals surface area contributed by atoms with Crippen molar-refractivity contribution < 1.29 is 13.2 Å². The topological polar surface area (TPSA) is 78.5 Å². The Morgan fingerprint density at radius 3 is 2.30 bits per heavy atom. The summed E-state index contributed by atoms with van der Waals surface area (Å²) < 4.78 is 23.1. The van der Waals surface area contributed by atoms with Crippen LogP contribution in [0.4, 0.5) is 16.2 Å². The number of hydrogen-bond acceptors (Lipinski definition) is 4. The van der Waals surface area contributed by atoms with E-state index in [-0.39, 0.29) is 17.5 Å². The van der Waals surface area contributed by atoms with Crippen molar-refractivity contribution in [1.29, 1.82) is 0 Å². The third kappa shape index (κ3) is 4.60. The zero-order valence-corrected chi connectivity index (χ0v) is 14.7. The minimum Gasteiger partial charge on any atom is -0.372 e. The summed E-state index contributed by atoms with van der Waals surface area (Å²) in [6.45, 7) is 7.81. The first-order chi connectivity index (χ1) is 10.8. The molecule has 1 heterocycles. The van der Waals surface area contributed by atoms with Crippen LogP contribution in [0.5, 0.6) is 0 Å². The van der Waals surface area contributed by atoms with Gasteiger partial charge in [0.15, 0.2) is 9.84 Å². The summed E-state index contributed by atoms with van der Waals surface area (Å²) in [5.74, 6) is 0.122. The van der Waals surface area contributed by atoms with E-state index in [4.69, 9.17) is 0 Å². The number of amides is 2. The molecule has 0 radical (unpaired) electrons. The summed E-state index contributed by atoms with van der Waals surface area (Å²) in [5.41, 5.74) is 1.10. The summed E-state index contributed by atoms with van der Waals surface area (Å²) in [7, 11) is -3.04. The van der Waals surface area contributed by atoms with Crippen molar-refractivity contribution in [2.45, 2.75) is 32.7 Å². The van der Waals surface area contributed by atoms with E-state index in [1.807, 2.05) is 24.3 Å². The van der Waals surface area contributed by atoms with Crippen LogP contribution < -0.4 is 15.5 Å². The van der Waals surface area contributed by atoms with Gasteiger partial charge < -0.3 is 15.5 Å². The average Bonchev–Trinajstić information content (AvgIpc) is 2.75. The molecule has 0 aromatic heterocycles. The summed E-state index contributed by atoms with van der Waals surface area (Å²) in [6, 6.07) is 7.25. The number of urea groups is 1. The van der Waals surface area contributed by atoms with Gasteiger partial charge in [0.1, 0.15) is 0 Å². The highest BCUT2D eigenvalue weighted by molar-refractivity contribution is 7.91. The van der Waals surface area contributed by atoms with E-state index in [9.17, 15) is 13.2 Å². The number of benzene rings is 1. The summed E-state index contributed by atoms with van der Waals surface area (Å²) in [6.07, 6.45) is 0.448. The summed E-state index contributed by atoms with van der Waals surface area (Å²) in [4.78, 5) is 14.3. The second-order valence-electron chi connectivity index (χ2n) is 6.20. The Morgan fingerprint density at radius 1 is 1.22 bits per heavy atom. The van der Waals surface area contributed by atoms with E-state index in [1.165, 1.54) is 0 Å². The van der Waals surface area contributed by atoms with Crippen molar-refractivity contribution in [3.63, 3.8) is 0 Å². The van der Waals surface area contributed by atoms with E-state index in [2.05, 4.69) is 29.4 Å². The van der Waals surface area contributed by atoms with Crippen LogP contribution in [0.2, 0.25) is 0 Å². The molecule has 1 aliphatic rings. The number of nitrogens with zero attached hydrogens (tertiary/aromatic N) is 1. The molecular formula is C16H25N3O3S. The maximum atomic E-state index is 12.1. The maximum absolute atomic E-state index is 12.1. The normalized spacial score (nSPS) is 22.6. The van der Waals surface area contributed by atoms with Gasteiger partial charge in [-0.2, -0.15) is 0 Å². The van der Waals surface area contributed by atoms with Crippen molar-refractivity contribution >= 4 is 27.2 Å². The van der Waals surface area contributed by atoms with Crippen LogP contribution >= 0.6 is 0 Å². The number of carbonyl (C=O) groups is 1. The Labute approximate surface area is 138 Å². The molecule has 1 aliphatic heterocycles. The van der Waals surface area contributed by atoms with Crippen LogP contribution in [0.25, 0.3) is 0 Å². The van der Waals surface area contributed by atoms with Gasteiger partial charge in [0, 0.05) is 24.5 Å². The maximum Gasteiger partial charge on any atom is 0.319 e. The van der Waals surface area contributed by atoms with Gasteiger partial charge in [0.05, 0.1) is 17.0 Å². The van der Waals surface area contributed by atoms with Gasteiger partial charge in [-0.25, -0.2) is 13.2 Å². The Kier molecular flexibility index (Phi) is 5.19. The number of anilines is 2. The van der Waals surface area contributed by atoms with Gasteiger partial charge in [0.25, 0.3) is 0 Å². The highest BCUT2D eigenvalue weighted by Gasteiger charge is 2.39. The van der Waals surface area contributed by atoms with Crippen molar-refractivity contribution in [3.05, 3.63) is 24.3 Å². The Morgan fingerprint density at radius 2 is 1.83 bits per heavy atom. The first-order valence-electron chi connectivity index (χ1n) is 7.91. The predicted molar refractivity (Wildman–Crippen MR) is 93.8 cm³/mol. The van der Waals surface area contributed by atoms with Gasteiger partial charge in [0.2, 0.25) is 0 Å². The quantitative estimate of drug-likeness (QED) is 0.862. The number of nitrogens with one attached hydrogen (secondary N) is 2. The van der Waals surface area contributed by atoms with Crippen molar-refractivity contribution in [3.8, 4) is 0 Å². The first kappa shape index (κ1) is 17.6. The molecule has 0 saturated carbocycles. The number of sulfone groups is 1. The lowest BCUT2D eigenvalue weighted by Crippen LogP contribution is -2.48. The second kappa shape index (κ2) is 6.78. The molecule has 1 saturated heterocycles. The Hall–Kier alpha value is -1.76. The molecule has 2 amide bonds. The second-order valence-corrected chi connectivity index (χ2v) is 8.39. The SMILES string of the molecule is CCN(CC)c1ccc(NC(=O)NC2(C)CCS(=O)(=O)C2)cc1. The fraction of sp³-hybridized carbons (Fsp3) is 0.562. The largest absolute Gasteiger partial charge is 0.372 e. The number of rotatable bonds is 5. The fourth-order valence-electron chi connectivity index (χ4n) is 2.89. The standard InChI is InChI=1S/C16H25N3O3S/c1-4-19(5-2)14-8-6-13(7-9-14)17-15(20)18-16(3)10-11-23(21,22)12-16/h6-9H,4-5,10-12H2,1-3H3,(H2,17,18,20). The van der Waals surface area contributed by atoms with Gasteiger partial charge in [-0.1, -0.05) is 0 Å². The summed E-state index contributed by atoms with van der Waals surface area (Å²) >= 11 is 0. The summed E-state index contributed by atoms with van der Waals surface area (Å²) in [5, 5.41) is 5.54. The minimum absolute atomic E-state index is 0.00564. The van der Waals surface area contributed by atoms with Crippen LogP contribution in [-0.2, 0) is 9.84 Å². The van der Waals surface area contributed by atoms with Crippen molar-refractivity contribution in [1.82, 2.24) is 5.32 Å². The Bertz CT molecular complexity index is 654. The van der Waals surface area contributed by atoms with Crippen LogP contribution in [0, 0.1) is 0 Å². The lowest BCUT2D eigenvalue weighted by Gasteiger charge is -2.24. The molecule has 1 aromatic carbocycles. The molecule has 0 aliphatic carbocycles. The first-order valence-corrected chi connectivity index (χ1v) is 9.73. The van der Waals surface area contributed by atoms with Crippen LogP contribution in [0.1, 0.15) is 27.2 Å². The fourth-order valence-corrected chi connectivity index (χ4v) is 4.98. The third-order valence-electron chi connectivity index (χ3n) is 4.17. The molecule has 1 fully saturated rings.